The first-order valence-corrected chi connectivity index (χ1v) is 5.55. The predicted octanol–water partition coefficient (Wildman–Crippen LogP) is 2.08. The van der Waals surface area contributed by atoms with Gasteiger partial charge in [-0.1, -0.05) is 6.07 Å². The topological polar surface area (TPSA) is 25.4 Å². The maximum atomic E-state index is 5.75. The largest absolute Gasteiger partial charge is 0.383 e. The van der Waals surface area contributed by atoms with Crippen LogP contribution in [-0.2, 0) is 4.74 Å². The van der Waals surface area contributed by atoms with E-state index in [4.69, 9.17) is 16.3 Å². The van der Waals surface area contributed by atoms with Crippen LogP contribution in [-0.4, -0.2) is 37.7 Å². The van der Waals surface area contributed by atoms with Crippen molar-refractivity contribution in [1.82, 2.24) is 4.98 Å². The van der Waals surface area contributed by atoms with Crippen molar-refractivity contribution in [2.45, 2.75) is 6.92 Å². The second kappa shape index (κ2) is 6.64. The summed E-state index contributed by atoms with van der Waals surface area (Å²) in [5.74, 6) is 1.56. The minimum Gasteiger partial charge on any atom is -0.383 e. The van der Waals surface area contributed by atoms with Gasteiger partial charge in [-0.05, 0) is 19.1 Å². The Morgan fingerprint density at radius 2 is 2.20 bits per heavy atom. The van der Waals surface area contributed by atoms with E-state index in [-0.39, 0.29) is 0 Å². The first-order chi connectivity index (χ1) is 7.27. The average Bonchev–Trinajstić information content (AvgIpc) is 2.24. The Morgan fingerprint density at radius 3 is 2.80 bits per heavy atom. The van der Waals surface area contributed by atoms with Gasteiger partial charge in [0.05, 0.1) is 6.61 Å². The standard InChI is InChI=1S/C11H17ClN2O/c1-10-4-3-5-11(13-10)14(7-6-12)8-9-15-2/h3-5H,6-9H2,1-2H3. The lowest BCUT2D eigenvalue weighted by Crippen LogP contribution is -2.30. The predicted molar refractivity (Wildman–Crippen MR) is 63.8 cm³/mol. The lowest BCUT2D eigenvalue weighted by atomic mass is 10.3. The number of hydrogen-bond donors (Lipinski definition) is 0. The fourth-order valence-corrected chi connectivity index (χ4v) is 1.55. The van der Waals surface area contributed by atoms with Crippen LogP contribution in [0.4, 0.5) is 5.82 Å². The highest BCUT2D eigenvalue weighted by molar-refractivity contribution is 6.18. The van der Waals surface area contributed by atoms with Crippen LogP contribution < -0.4 is 4.90 Å². The maximum Gasteiger partial charge on any atom is 0.128 e. The zero-order valence-electron chi connectivity index (χ0n) is 9.24. The number of aryl methyl sites for hydroxylation is 1. The number of methoxy groups -OCH3 is 1. The van der Waals surface area contributed by atoms with Gasteiger partial charge in [0.1, 0.15) is 5.82 Å². The minimum atomic E-state index is 0.597. The molecule has 1 rings (SSSR count). The van der Waals surface area contributed by atoms with Gasteiger partial charge in [0.2, 0.25) is 0 Å². The van der Waals surface area contributed by atoms with Crippen LogP contribution >= 0.6 is 11.6 Å². The molecule has 0 bridgehead atoms. The van der Waals surface area contributed by atoms with Crippen molar-refractivity contribution in [1.29, 1.82) is 0 Å². The Kier molecular flexibility index (Phi) is 5.43. The molecule has 84 valence electrons. The number of hydrogen-bond acceptors (Lipinski definition) is 3. The molecule has 0 atom stereocenters. The highest BCUT2D eigenvalue weighted by atomic mass is 35.5. The monoisotopic (exact) mass is 228 g/mol. The number of pyridine rings is 1. The number of anilines is 1. The molecule has 1 aromatic heterocycles. The van der Waals surface area contributed by atoms with Crippen molar-refractivity contribution in [2.24, 2.45) is 0 Å². The Bertz CT molecular complexity index is 294. The summed E-state index contributed by atoms with van der Waals surface area (Å²) in [6, 6.07) is 5.99. The lowest BCUT2D eigenvalue weighted by molar-refractivity contribution is 0.205. The molecule has 3 nitrogen and oxygen atoms in total. The maximum absolute atomic E-state index is 5.75. The summed E-state index contributed by atoms with van der Waals surface area (Å²) >= 11 is 5.75. The molecule has 0 spiro atoms. The van der Waals surface area contributed by atoms with Gasteiger partial charge < -0.3 is 9.64 Å². The summed E-state index contributed by atoms with van der Waals surface area (Å²) in [4.78, 5) is 6.59. The molecule has 0 aromatic carbocycles. The Balaban J connectivity index is 2.69. The first-order valence-electron chi connectivity index (χ1n) is 5.01. The van der Waals surface area contributed by atoms with E-state index in [0.29, 0.717) is 12.5 Å². The molecule has 4 heteroatoms. The minimum absolute atomic E-state index is 0.597. The Hall–Kier alpha value is -0.800. The normalized spacial score (nSPS) is 10.3. The third kappa shape index (κ3) is 4.06. The average molecular weight is 229 g/mol. The lowest BCUT2D eigenvalue weighted by Gasteiger charge is -2.22. The Morgan fingerprint density at radius 1 is 1.40 bits per heavy atom. The van der Waals surface area contributed by atoms with Crippen LogP contribution in [0, 0.1) is 6.92 Å². The second-order valence-corrected chi connectivity index (χ2v) is 3.68. The van der Waals surface area contributed by atoms with Crippen molar-refractivity contribution in [3.8, 4) is 0 Å². The Labute approximate surface area is 96.0 Å². The summed E-state index contributed by atoms with van der Waals surface area (Å²) < 4.78 is 5.06. The molecule has 0 unspecified atom stereocenters. The zero-order valence-corrected chi connectivity index (χ0v) is 10.00. The van der Waals surface area contributed by atoms with Crippen molar-refractivity contribution in [3.05, 3.63) is 23.9 Å². The third-order valence-electron chi connectivity index (χ3n) is 2.12. The number of rotatable bonds is 6. The van der Waals surface area contributed by atoms with E-state index in [1.54, 1.807) is 7.11 Å². The molecule has 15 heavy (non-hydrogen) atoms. The fraction of sp³-hybridized carbons (Fsp3) is 0.545. The van der Waals surface area contributed by atoms with Gasteiger partial charge in [-0.15, -0.1) is 11.6 Å². The fourth-order valence-electron chi connectivity index (χ4n) is 1.35. The number of ether oxygens (including phenoxy) is 1. The van der Waals surface area contributed by atoms with Gasteiger partial charge in [0, 0.05) is 31.8 Å². The van der Waals surface area contributed by atoms with E-state index in [0.717, 1.165) is 24.6 Å². The first kappa shape index (κ1) is 12.3. The molecule has 0 amide bonds. The van der Waals surface area contributed by atoms with Crippen LogP contribution in [0.5, 0.6) is 0 Å². The summed E-state index contributed by atoms with van der Waals surface area (Å²) in [5, 5.41) is 0. The summed E-state index contributed by atoms with van der Waals surface area (Å²) in [6.07, 6.45) is 0. The van der Waals surface area contributed by atoms with Crippen LogP contribution in [0.1, 0.15) is 5.69 Å². The molecule has 0 aliphatic rings. The third-order valence-corrected chi connectivity index (χ3v) is 2.29. The van der Waals surface area contributed by atoms with Crippen molar-refractivity contribution in [3.63, 3.8) is 0 Å². The van der Waals surface area contributed by atoms with Crippen LogP contribution in [0.25, 0.3) is 0 Å². The van der Waals surface area contributed by atoms with Gasteiger partial charge in [0.25, 0.3) is 0 Å². The van der Waals surface area contributed by atoms with Gasteiger partial charge in [0.15, 0.2) is 0 Å². The molecular formula is C11H17ClN2O. The van der Waals surface area contributed by atoms with E-state index in [1.807, 2.05) is 25.1 Å². The highest BCUT2D eigenvalue weighted by Crippen LogP contribution is 2.10. The summed E-state index contributed by atoms with van der Waals surface area (Å²) in [6.45, 7) is 4.28. The van der Waals surface area contributed by atoms with Gasteiger partial charge in [-0.3, -0.25) is 0 Å². The van der Waals surface area contributed by atoms with Gasteiger partial charge >= 0.3 is 0 Å². The summed E-state index contributed by atoms with van der Waals surface area (Å²) in [5.41, 5.74) is 1.02. The number of nitrogens with zero attached hydrogens (tertiary/aromatic N) is 2. The second-order valence-electron chi connectivity index (χ2n) is 3.31. The molecule has 0 fully saturated rings. The van der Waals surface area contributed by atoms with E-state index in [9.17, 15) is 0 Å². The van der Waals surface area contributed by atoms with Crippen LogP contribution in [0.2, 0.25) is 0 Å². The van der Waals surface area contributed by atoms with Crippen molar-refractivity contribution < 1.29 is 4.74 Å². The highest BCUT2D eigenvalue weighted by Gasteiger charge is 2.06. The van der Waals surface area contributed by atoms with Crippen LogP contribution in [0.15, 0.2) is 18.2 Å². The smallest absolute Gasteiger partial charge is 0.128 e. The van der Waals surface area contributed by atoms with E-state index in [2.05, 4.69) is 9.88 Å². The molecule has 0 saturated heterocycles. The molecule has 1 heterocycles. The van der Waals surface area contributed by atoms with Gasteiger partial charge in [-0.25, -0.2) is 4.98 Å². The number of aromatic nitrogens is 1. The molecule has 0 radical (unpaired) electrons. The van der Waals surface area contributed by atoms with Crippen LogP contribution in [0.3, 0.4) is 0 Å². The SMILES string of the molecule is COCCN(CCCl)c1cccc(C)n1. The number of halogens is 1. The van der Waals surface area contributed by atoms with E-state index >= 15 is 0 Å². The number of alkyl halides is 1. The van der Waals surface area contributed by atoms with E-state index in [1.165, 1.54) is 0 Å². The van der Waals surface area contributed by atoms with Crippen molar-refractivity contribution in [2.75, 3.05) is 37.6 Å². The molecule has 0 aliphatic carbocycles. The molecule has 1 aromatic rings. The van der Waals surface area contributed by atoms with Gasteiger partial charge in [-0.2, -0.15) is 0 Å². The summed E-state index contributed by atoms with van der Waals surface area (Å²) in [7, 11) is 1.70. The van der Waals surface area contributed by atoms with Crippen molar-refractivity contribution >= 4 is 17.4 Å². The van der Waals surface area contributed by atoms with E-state index < -0.39 is 0 Å². The quantitative estimate of drug-likeness (QED) is 0.698. The molecular weight excluding hydrogens is 212 g/mol. The zero-order chi connectivity index (χ0) is 11.1. The molecule has 0 N–H and O–H groups in total. The molecule has 0 saturated carbocycles. The molecule has 0 aliphatic heterocycles.